The standard InChI is InChI=1S/C30H33NO5/c1-19-27(30(33)36-22-11-6-7-12-22)28(29-23(31-19)13-8-14-24(29)32)21-15-16-25(34-2)26(17-21)35-18-20-9-4-3-5-10-20/h3-5,9-10,15-17,22,28,31H,6-8,11-14,18H2,1-2H3. The molecule has 1 N–H and O–H groups in total. The van der Waals surface area contributed by atoms with Gasteiger partial charge in [0, 0.05) is 29.3 Å². The molecular formula is C30H33NO5. The summed E-state index contributed by atoms with van der Waals surface area (Å²) in [6.07, 6.45) is 5.95. The van der Waals surface area contributed by atoms with Gasteiger partial charge in [-0.1, -0.05) is 36.4 Å². The lowest BCUT2D eigenvalue weighted by Gasteiger charge is -2.34. The molecule has 1 saturated carbocycles. The molecule has 2 aromatic rings. The second kappa shape index (κ2) is 10.6. The second-order valence-electron chi connectivity index (χ2n) is 9.76. The van der Waals surface area contributed by atoms with E-state index in [0.717, 1.165) is 61.0 Å². The first-order valence-corrected chi connectivity index (χ1v) is 12.8. The van der Waals surface area contributed by atoms with E-state index in [-0.39, 0.29) is 17.9 Å². The number of benzene rings is 2. The predicted octanol–water partition coefficient (Wildman–Crippen LogP) is 5.73. The van der Waals surface area contributed by atoms with Gasteiger partial charge in [0.05, 0.1) is 12.7 Å². The second-order valence-corrected chi connectivity index (χ2v) is 9.76. The van der Waals surface area contributed by atoms with Crippen molar-refractivity contribution in [1.82, 2.24) is 5.32 Å². The maximum absolute atomic E-state index is 13.5. The maximum Gasteiger partial charge on any atom is 0.337 e. The molecule has 0 aromatic heterocycles. The van der Waals surface area contributed by atoms with E-state index in [0.29, 0.717) is 35.7 Å². The average molecular weight is 488 g/mol. The molecule has 2 aliphatic carbocycles. The summed E-state index contributed by atoms with van der Waals surface area (Å²) in [7, 11) is 1.61. The van der Waals surface area contributed by atoms with Crippen molar-refractivity contribution >= 4 is 11.8 Å². The van der Waals surface area contributed by atoms with Crippen LogP contribution >= 0.6 is 0 Å². The van der Waals surface area contributed by atoms with Crippen LogP contribution in [-0.2, 0) is 20.9 Å². The highest BCUT2D eigenvalue weighted by atomic mass is 16.5. The number of ether oxygens (including phenoxy) is 3. The highest BCUT2D eigenvalue weighted by molar-refractivity contribution is 6.03. The fraction of sp³-hybridized carbons (Fsp3) is 0.400. The monoisotopic (exact) mass is 487 g/mol. The number of carbonyl (C=O) groups is 2. The van der Waals surface area contributed by atoms with Crippen molar-refractivity contribution in [2.45, 2.75) is 70.5 Å². The minimum absolute atomic E-state index is 0.0588. The summed E-state index contributed by atoms with van der Waals surface area (Å²) in [4.78, 5) is 26.8. The summed E-state index contributed by atoms with van der Waals surface area (Å²) < 4.78 is 17.7. The van der Waals surface area contributed by atoms with Gasteiger partial charge in [0.1, 0.15) is 12.7 Å². The van der Waals surface area contributed by atoms with Gasteiger partial charge in [-0.25, -0.2) is 4.79 Å². The molecule has 0 radical (unpaired) electrons. The van der Waals surface area contributed by atoms with Crippen molar-refractivity contribution in [1.29, 1.82) is 0 Å². The number of methoxy groups -OCH3 is 1. The summed E-state index contributed by atoms with van der Waals surface area (Å²) in [5.41, 5.74) is 4.70. The van der Waals surface area contributed by atoms with Crippen LogP contribution in [-0.4, -0.2) is 25.0 Å². The molecule has 0 spiro atoms. The summed E-state index contributed by atoms with van der Waals surface area (Å²) in [6, 6.07) is 15.6. The van der Waals surface area contributed by atoms with Gasteiger partial charge in [-0.3, -0.25) is 4.79 Å². The number of hydrogen-bond acceptors (Lipinski definition) is 6. The molecule has 0 bridgehead atoms. The number of ketones is 1. The van der Waals surface area contributed by atoms with Crippen molar-refractivity contribution < 1.29 is 23.8 Å². The van der Waals surface area contributed by atoms with E-state index in [1.807, 2.05) is 55.5 Å². The summed E-state index contributed by atoms with van der Waals surface area (Å²) in [6.45, 7) is 2.28. The van der Waals surface area contributed by atoms with Crippen LogP contribution in [0.25, 0.3) is 0 Å². The smallest absolute Gasteiger partial charge is 0.337 e. The highest BCUT2D eigenvalue weighted by Gasteiger charge is 2.40. The summed E-state index contributed by atoms with van der Waals surface area (Å²) in [5, 5.41) is 3.37. The Morgan fingerprint density at radius 2 is 1.78 bits per heavy atom. The van der Waals surface area contributed by atoms with E-state index in [9.17, 15) is 9.59 Å². The largest absolute Gasteiger partial charge is 0.493 e. The number of carbonyl (C=O) groups excluding carboxylic acids is 2. The first-order chi connectivity index (χ1) is 17.5. The van der Waals surface area contributed by atoms with Gasteiger partial charge < -0.3 is 19.5 Å². The lowest BCUT2D eigenvalue weighted by Crippen LogP contribution is -2.35. The Balaban J connectivity index is 1.53. The Bertz CT molecular complexity index is 1210. The first kappa shape index (κ1) is 24.2. The van der Waals surface area contributed by atoms with Gasteiger partial charge in [0.25, 0.3) is 0 Å². The van der Waals surface area contributed by atoms with E-state index in [1.165, 1.54) is 0 Å². The van der Waals surface area contributed by atoms with E-state index < -0.39 is 5.92 Å². The molecule has 1 unspecified atom stereocenters. The maximum atomic E-state index is 13.5. The number of nitrogens with one attached hydrogen (secondary N) is 1. The topological polar surface area (TPSA) is 73.9 Å². The van der Waals surface area contributed by atoms with Crippen LogP contribution in [0.5, 0.6) is 11.5 Å². The van der Waals surface area contributed by atoms with Crippen molar-refractivity contribution in [2.24, 2.45) is 0 Å². The third-order valence-corrected chi connectivity index (χ3v) is 7.33. The highest BCUT2D eigenvalue weighted by Crippen LogP contribution is 2.45. The van der Waals surface area contributed by atoms with Gasteiger partial charge in [-0.15, -0.1) is 0 Å². The number of dihydropyridines is 1. The Morgan fingerprint density at radius 3 is 2.53 bits per heavy atom. The number of allylic oxidation sites excluding steroid dienone is 3. The molecule has 36 heavy (non-hydrogen) atoms. The molecule has 0 saturated heterocycles. The molecule has 2 aromatic carbocycles. The number of Topliss-reactive ketones (excluding diaryl/α,β-unsaturated/α-hetero) is 1. The van der Waals surface area contributed by atoms with Crippen molar-refractivity contribution in [3.8, 4) is 11.5 Å². The number of rotatable bonds is 7. The number of esters is 1. The van der Waals surface area contributed by atoms with Crippen LogP contribution in [0.2, 0.25) is 0 Å². The van der Waals surface area contributed by atoms with Gasteiger partial charge in [0.2, 0.25) is 0 Å². The molecule has 0 amide bonds. The van der Waals surface area contributed by atoms with E-state index in [2.05, 4.69) is 5.32 Å². The minimum atomic E-state index is -0.507. The Labute approximate surface area is 212 Å². The molecule has 6 heteroatoms. The van der Waals surface area contributed by atoms with Crippen LogP contribution in [0.4, 0.5) is 0 Å². The Morgan fingerprint density at radius 1 is 1.00 bits per heavy atom. The lowest BCUT2D eigenvalue weighted by molar-refractivity contribution is -0.144. The Kier molecular flexibility index (Phi) is 7.12. The van der Waals surface area contributed by atoms with Crippen molar-refractivity contribution in [3.63, 3.8) is 0 Å². The van der Waals surface area contributed by atoms with E-state index in [4.69, 9.17) is 14.2 Å². The van der Waals surface area contributed by atoms with Crippen LogP contribution < -0.4 is 14.8 Å². The zero-order valence-electron chi connectivity index (χ0n) is 21.0. The van der Waals surface area contributed by atoms with Crippen LogP contribution in [0.1, 0.15) is 68.9 Å². The molecule has 188 valence electrons. The summed E-state index contributed by atoms with van der Waals surface area (Å²) >= 11 is 0. The van der Waals surface area contributed by atoms with Gasteiger partial charge >= 0.3 is 5.97 Å². The van der Waals surface area contributed by atoms with Gasteiger partial charge in [0.15, 0.2) is 17.3 Å². The molecule has 1 atom stereocenters. The van der Waals surface area contributed by atoms with Gasteiger partial charge in [-0.05, 0) is 68.7 Å². The quantitative estimate of drug-likeness (QED) is 0.503. The zero-order valence-corrected chi connectivity index (χ0v) is 21.0. The third kappa shape index (κ3) is 4.90. The SMILES string of the molecule is COc1ccc(C2C(C(=O)OC3CCCC3)=C(C)NC3=C2C(=O)CCC3)cc1OCc1ccccc1. The fourth-order valence-electron chi connectivity index (χ4n) is 5.53. The van der Waals surface area contributed by atoms with Crippen molar-refractivity contribution in [3.05, 3.63) is 82.2 Å². The molecule has 3 aliphatic rings. The lowest BCUT2D eigenvalue weighted by atomic mass is 9.75. The average Bonchev–Trinajstić information content (AvgIpc) is 3.40. The first-order valence-electron chi connectivity index (χ1n) is 12.8. The van der Waals surface area contributed by atoms with E-state index >= 15 is 0 Å². The third-order valence-electron chi connectivity index (χ3n) is 7.33. The molecule has 1 aliphatic heterocycles. The zero-order chi connectivity index (χ0) is 25.1. The molecular weight excluding hydrogens is 454 g/mol. The fourth-order valence-corrected chi connectivity index (χ4v) is 5.53. The number of hydrogen-bond donors (Lipinski definition) is 1. The Hall–Kier alpha value is -3.54. The molecule has 1 heterocycles. The summed E-state index contributed by atoms with van der Waals surface area (Å²) in [5.74, 6) is 0.403. The molecule has 6 nitrogen and oxygen atoms in total. The van der Waals surface area contributed by atoms with Crippen LogP contribution in [0.15, 0.2) is 71.1 Å². The predicted molar refractivity (Wildman–Crippen MR) is 137 cm³/mol. The van der Waals surface area contributed by atoms with Gasteiger partial charge in [-0.2, -0.15) is 0 Å². The van der Waals surface area contributed by atoms with Crippen LogP contribution in [0.3, 0.4) is 0 Å². The van der Waals surface area contributed by atoms with Crippen molar-refractivity contribution in [2.75, 3.05) is 7.11 Å². The van der Waals surface area contributed by atoms with Crippen LogP contribution in [0, 0.1) is 0 Å². The van der Waals surface area contributed by atoms with E-state index in [1.54, 1.807) is 7.11 Å². The molecule has 1 fully saturated rings. The minimum Gasteiger partial charge on any atom is -0.493 e. The molecule has 5 rings (SSSR count). The normalized spacial score (nSPS) is 20.2.